The van der Waals surface area contributed by atoms with Crippen LogP contribution in [0.3, 0.4) is 0 Å². The molecule has 1 aromatic heterocycles. The summed E-state index contributed by atoms with van der Waals surface area (Å²) in [6.45, 7) is 3.88. The lowest BCUT2D eigenvalue weighted by Gasteiger charge is -2.14. The van der Waals surface area contributed by atoms with E-state index in [9.17, 15) is 0 Å². The van der Waals surface area contributed by atoms with Crippen molar-refractivity contribution >= 4 is 33.5 Å². The summed E-state index contributed by atoms with van der Waals surface area (Å²) in [6, 6.07) is 13.6. The molecule has 0 atom stereocenters. The van der Waals surface area contributed by atoms with Gasteiger partial charge in [0.05, 0.1) is 0 Å². The molecule has 1 heterocycles. The van der Waals surface area contributed by atoms with Crippen molar-refractivity contribution in [3.05, 3.63) is 63.1 Å². The summed E-state index contributed by atoms with van der Waals surface area (Å²) >= 11 is 9.74. The van der Waals surface area contributed by atoms with Crippen molar-refractivity contribution in [3.8, 4) is 5.75 Å². The first-order valence-electron chi connectivity index (χ1n) is 8.82. The van der Waals surface area contributed by atoms with E-state index in [2.05, 4.69) is 43.7 Å². The molecule has 8 heteroatoms. The maximum Gasteiger partial charge on any atom is 0.243 e. The molecule has 27 heavy (non-hydrogen) atoms. The first kappa shape index (κ1) is 19.6. The van der Waals surface area contributed by atoms with Crippen LogP contribution >= 0.6 is 27.5 Å². The Labute approximate surface area is 172 Å². The Morgan fingerprint density at radius 3 is 2.85 bits per heavy atom. The number of tetrazole rings is 1. The lowest BCUT2D eigenvalue weighted by atomic mass is 10.2. The lowest BCUT2D eigenvalue weighted by molar-refractivity contribution is 0.303. The highest BCUT2D eigenvalue weighted by Crippen LogP contribution is 2.26. The number of hydrogen-bond acceptors (Lipinski definition) is 5. The van der Waals surface area contributed by atoms with E-state index in [0.717, 1.165) is 40.7 Å². The first-order chi connectivity index (χ1) is 13.2. The summed E-state index contributed by atoms with van der Waals surface area (Å²) in [5.74, 6) is 1.44. The number of unbranched alkanes of at least 4 members (excludes halogenated alkanes) is 1. The van der Waals surface area contributed by atoms with Gasteiger partial charge in [0.25, 0.3) is 0 Å². The molecule has 0 radical (unpaired) electrons. The summed E-state index contributed by atoms with van der Waals surface area (Å²) in [7, 11) is 0. The highest BCUT2D eigenvalue weighted by molar-refractivity contribution is 9.10. The minimum Gasteiger partial charge on any atom is -0.488 e. The fourth-order valence-corrected chi connectivity index (χ4v) is 3.16. The number of hydrogen-bond donors (Lipinski definition) is 1. The second kappa shape index (κ2) is 9.71. The number of aryl methyl sites for hydroxylation is 1. The summed E-state index contributed by atoms with van der Waals surface area (Å²) in [5.41, 5.74) is 1.95. The van der Waals surface area contributed by atoms with Gasteiger partial charge in [0.15, 0.2) is 0 Å². The fourth-order valence-electron chi connectivity index (χ4n) is 2.56. The van der Waals surface area contributed by atoms with Crippen molar-refractivity contribution in [2.24, 2.45) is 0 Å². The van der Waals surface area contributed by atoms with Gasteiger partial charge in [-0.15, -0.1) is 0 Å². The molecule has 0 amide bonds. The van der Waals surface area contributed by atoms with Gasteiger partial charge in [-0.3, -0.25) is 0 Å². The van der Waals surface area contributed by atoms with E-state index in [4.69, 9.17) is 16.3 Å². The molecule has 6 nitrogen and oxygen atoms in total. The predicted octanol–water partition coefficient (Wildman–Crippen LogP) is 5.08. The number of nitrogens with zero attached hydrogens (tertiary/aromatic N) is 4. The van der Waals surface area contributed by atoms with Crippen molar-refractivity contribution in [2.75, 3.05) is 5.32 Å². The molecule has 0 aliphatic rings. The summed E-state index contributed by atoms with van der Waals surface area (Å²) in [4.78, 5) is 0. The quantitative estimate of drug-likeness (QED) is 0.492. The summed E-state index contributed by atoms with van der Waals surface area (Å²) < 4.78 is 8.79. The number of rotatable bonds is 9. The zero-order valence-electron chi connectivity index (χ0n) is 15.0. The summed E-state index contributed by atoms with van der Waals surface area (Å²) in [6.07, 6.45) is 2.12. The van der Waals surface area contributed by atoms with Crippen LogP contribution in [0.15, 0.2) is 46.9 Å². The molecule has 0 saturated heterocycles. The van der Waals surface area contributed by atoms with Crippen LogP contribution in [0.2, 0.25) is 5.02 Å². The van der Waals surface area contributed by atoms with Crippen molar-refractivity contribution in [1.29, 1.82) is 0 Å². The van der Waals surface area contributed by atoms with E-state index in [-0.39, 0.29) is 0 Å². The van der Waals surface area contributed by atoms with Gasteiger partial charge in [0.2, 0.25) is 5.95 Å². The summed E-state index contributed by atoms with van der Waals surface area (Å²) in [5, 5.41) is 15.8. The Morgan fingerprint density at radius 1 is 1.19 bits per heavy atom. The van der Waals surface area contributed by atoms with E-state index in [1.165, 1.54) is 0 Å². The molecule has 0 bridgehead atoms. The number of halogens is 2. The van der Waals surface area contributed by atoms with Crippen LogP contribution in [0.5, 0.6) is 5.75 Å². The topological polar surface area (TPSA) is 64.9 Å². The SMILES string of the molecule is CCCCn1nnnc1NCc1cc(Br)ccc1OCc1ccccc1Cl. The molecule has 1 N–H and O–H groups in total. The molecule has 0 spiro atoms. The Kier molecular flexibility index (Phi) is 7.06. The van der Waals surface area contributed by atoms with Gasteiger partial charge in [0.1, 0.15) is 12.4 Å². The smallest absolute Gasteiger partial charge is 0.243 e. The Balaban J connectivity index is 1.69. The molecular weight excluding hydrogens is 430 g/mol. The largest absolute Gasteiger partial charge is 0.488 e. The minimum atomic E-state index is 0.405. The maximum atomic E-state index is 6.22. The van der Waals surface area contributed by atoms with Crippen LogP contribution in [0, 0.1) is 0 Å². The van der Waals surface area contributed by atoms with Crippen LogP contribution in [0.4, 0.5) is 5.95 Å². The van der Waals surface area contributed by atoms with E-state index in [1.54, 1.807) is 4.68 Å². The van der Waals surface area contributed by atoms with E-state index in [0.29, 0.717) is 24.1 Å². The molecule has 3 aromatic rings. The maximum absolute atomic E-state index is 6.22. The number of aromatic nitrogens is 4. The van der Waals surface area contributed by atoms with E-state index < -0.39 is 0 Å². The highest BCUT2D eigenvalue weighted by Gasteiger charge is 2.10. The van der Waals surface area contributed by atoms with Gasteiger partial charge in [-0.25, -0.2) is 4.68 Å². The van der Waals surface area contributed by atoms with Gasteiger partial charge in [-0.2, -0.15) is 0 Å². The molecule has 0 unspecified atom stereocenters. The van der Waals surface area contributed by atoms with Crippen LogP contribution in [-0.2, 0) is 19.7 Å². The lowest BCUT2D eigenvalue weighted by Crippen LogP contribution is -2.10. The van der Waals surface area contributed by atoms with Gasteiger partial charge in [0, 0.05) is 33.7 Å². The molecule has 2 aromatic carbocycles. The van der Waals surface area contributed by atoms with Crippen LogP contribution in [-0.4, -0.2) is 20.2 Å². The zero-order valence-corrected chi connectivity index (χ0v) is 17.4. The highest BCUT2D eigenvalue weighted by atomic mass is 79.9. The fraction of sp³-hybridized carbons (Fsp3) is 0.316. The second-order valence-electron chi connectivity index (χ2n) is 6.06. The van der Waals surface area contributed by atoms with Crippen LogP contribution in [0.25, 0.3) is 0 Å². The van der Waals surface area contributed by atoms with E-state index >= 15 is 0 Å². The minimum absolute atomic E-state index is 0.405. The van der Waals surface area contributed by atoms with Gasteiger partial charge >= 0.3 is 0 Å². The average molecular weight is 451 g/mol. The molecule has 3 rings (SSSR count). The van der Waals surface area contributed by atoms with Gasteiger partial charge < -0.3 is 10.1 Å². The van der Waals surface area contributed by atoms with Crippen molar-refractivity contribution in [1.82, 2.24) is 20.2 Å². The number of benzene rings is 2. The van der Waals surface area contributed by atoms with Gasteiger partial charge in [-0.05, 0) is 41.1 Å². The monoisotopic (exact) mass is 449 g/mol. The number of ether oxygens (including phenoxy) is 1. The molecule has 142 valence electrons. The first-order valence-corrected chi connectivity index (χ1v) is 9.99. The van der Waals surface area contributed by atoms with Crippen molar-refractivity contribution in [2.45, 2.75) is 39.5 Å². The molecular formula is C19H21BrClN5O. The van der Waals surface area contributed by atoms with Gasteiger partial charge in [-0.1, -0.05) is 64.2 Å². The Hall–Kier alpha value is -2.12. The zero-order chi connectivity index (χ0) is 19.1. The third-order valence-corrected chi connectivity index (χ3v) is 4.92. The normalized spacial score (nSPS) is 10.8. The third-order valence-electron chi connectivity index (χ3n) is 4.06. The molecule has 0 fully saturated rings. The Morgan fingerprint density at radius 2 is 2.04 bits per heavy atom. The second-order valence-corrected chi connectivity index (χ2v) is 7.39. The van der Waals surface area contributed by atoms with Crippen LogP contribution < -0.4 is 10.1 Å². The molecule has 0 aliphatic heterocycles. The standard InChI is InChI=1S/C19H21BrClN5O/c1-2-3-10-26-19(23-24-25-26)22-12-15-11-16(20)8-9-18(15)27-13-14-6-4-5-7-17(14)21/h4-9,11H,2-3,10,12-13H2,1H3,(H,22,23,25). The van der Waals surface area contributed by atoms with Crippen molar-refractivity contribution in [3.63, 3.8) is 0 Å². The predicted molar refractivity (Wildman–Crippen MR) is 110 cm³/mol. The number of anilines is 1. The average Bonchev–Trinajstić information content (AvgIpc) is 3.12. The molecule has 0 saturated carbocycles. The molecule has 0 aliphatic carbocycles. The Bertz CT molecular complexity index is 886. The number of nitrogens with one attached hydrogen (secondary N) is 1. The van der Waals surface area contributed by atoms with Crippen molar-refractivity contribution < 1.29 is 4.74 Å². The third kappa shape index (κ3) is 5.43. The van der Waals surface area contributed by atoms with E-state index in [1.807, 2.05) is 42.5 Å². The van der Waals surface area contributed by atoms with Crippen LogP contribution in [0.1, 0.15) is 30.9 Å².